The summed E-state index contributed by atoms with van der Waals surface area (Å²) in [4.78, 5) is 13.4. The molecule has 2 rings (SSSR count). The minimum atomic E-state index is -0.0537. The molecule has 2 unspecified atom stereocenters. The number of likely N-dealkylation sites (tertiary alicyclic amines) is 1. The molecule has 0 aliphatic carbocycles. The van der Waals surface area contributed by atoms with Gasteiger partial charge in [0, 0.05) is 25.2 Å². The number of nitrogens with zero attached hydrogens (tertiary/aromatic N) is 1. The Labute approximate surface area is 120 Å². The van der Waals surface area contributed by atoms with E-state index in [9.17, 15) is 9.90 Å². The molecule has 1 aromatic carbocycles. The third-order valence-corrected chi connectivity index (χ3v) is 4.05. The van der Waals surface area contributed by atoms with Gasteiger partial charge in [-0.15, -0.1) is 0 Å². The van der Waals surface area contributed by atoms with Gasteiger partial charge in [0.25, 0.3) is 0 Å². The number of carbonyl (C=O) groups is 1. The molecule has 1 aliphatic heterocycles. The van der Waals surface area contributed by atoms with Crippen molar-refractivity contribution in [2.45, 2.75) is 39.3 Å². The first-order chi connectivity index (χ1) is 9.60. The van der Waals surface area contributed by atoms with E-state index in [1.807, 2.05) is 18.2 Å². The Hall–Kier alpha value is -1.39. The Bertz CT molecular complexity index is 462. The molecule has 0 spiro atoms. The van der Waals surface area contributed by atoms with Crippen LogP contribution in [0.5, 0.6) is 0 Å². The number of carbonyl (C=O) groups excluding carboxylic acids is 1. The van der Waals surface area contributed by atoms with Crippen LogP contribution in [0.4, 0.5) is 5.69 Å². The molecule has 4 heteroatoms. The largest absolute Gasteiger partial charge is 0.395 e. The van der Waals surface area contributed by atoms with Crippen molar-refractivity contribution in [1.29, 1.82) is 0 Å². The van der Waals surface area contributed by atoms with E-state index in [1.54, 1.807) is 0 Å². The molecule has 0 saturated carbocycles. The fourth-order valence-electron chi connectivity index (χ4n) is 3.01. The van der Waals surface area contributed by atoms with Crippen LogP contribution in [0.2, 0.25) is 0 Å². The van der Waals surface area contributed by atoms with Gasteiger partial charge in [-0.05, 0) is 43.0 Å². The van der Waals surface area contributed by atoms with Gasteiger partial charge in [-0.1, -0.05) is 19.1 Å². The van der Waals surface area contributed by atoms with Crippen LogP contribution in [0.1, 0.15) is 32.3 Å². The summed E-state index contributed by atoms with van der Waals surface area (Å²) >= 11 is 0. The number of anilines is 1. The van der Waals surface area contributed by atoms with Crippen molar-refractivity contribution in [3.8, 4) is 0 Å². The summed E-state index contributed by atoms with van der Waals surface area (Å²) in [5.74, 6) is 0.481. The average molecular weight is 276 g/mol. The molecule has 1 fully saturated rings. The summed E-state index contributed by atoms with van der Waals surface area (Å²) < 4.78 is 0. The molecule has 0 bridgehead atoms. The highest BCUT2D eigenvalue weighted by Gasteiger charge is 2.27. The fourth-order valence-corrected chi connectivity index (χ4v) is 3.01. The van der Waals surface area contributed by atoms with Crippen molar-refractivity contribution in [3.63, 3.8) is 0 Å². The number of rotatable bonds is 4. The predicted molar refractivity (Wildman–Crippen MR) is 80.4 cm³/mol. The zero-order chi connectivity index (χ0) is 14.5. The van der Waals surface area contributed by atoms with Gasteiger partial charge < -0.3 is 10.4 Å². The Balaban J connectivity index is 2.06. The Morgan fingerprint density at radius 3 is 3.00 bits per heavy atom. The first-order valence-corrected chi connectivity index (χ1v) is 7.31. The molecule has 2 atom stereocenters. The maximum absolute atomic E-state index is 11.1. The van der Waals surface area contributed by atoms with E-state index >= 15 is 0 Å². The Kier molecular flexibility index (Phi) is 5.15. The van der Waals surface area contributed by atoms with Crippen LogP contribution >= 0.6 is 0 Å². The lowest BCUT2D eigenvalue weighted by molar-refractivity contribution is -0.114. The summed E-state index contributed by atoms with van der Waals surface area (Å²) in [6.07, 6.45) is 2.37. The minimum Gasteiger partial charge on any atom is -0.395 e. The van der Waals surface area contributed by atoms with Crippen molar-refractivity contribution in [3.05, 3.63) is 29.8 Å². The molecule has 1 amide bonds. The molecule has 1 aliphatic rings. The number of hydrogen-bond donors (Lipinski definition) is 2. The van der Waals surface area contributed by atoms with Crippen LogP contribution in [-0.4, -0.2) is 35.1 Å². The van der Waals surface area contributed by atoms with E-state index < -0.39 is 0 Å². The number of amides is 1. The Morgan fingerprint density at radius 1 is 1.50 bits per heavy atom. The molecule has 1 heterocycles. The van der Waals surface area contributed by atoms with Crippen LogP contribution in [0.25, 0.3) is 0 Å². The average Bonchev–Trinajstić information content (AvgIpc) is 2.38. The highest BCUT2D eigenvalue weighted by molar-refractivity contribution is 5.88. The molecular weight excluding hydrogens is 252 g/mol. The molecule has 110 valence electrons. The van der Waals surface area contributed by atoms with Crippen molar-refractivity contribution in [2.24, 2.45) is 5.92 Å². The van der Waals surface area contributed by atoms with Gasteiger partial charge >= 0.3 is 0 Å². The molecule has 0 radical (unpaired) electrons. The maximum Gasteiger partial charge on any atom is 0.221 e. The molecule has 1 saturated heterocycles. The smallest absolute Gasteiger partial charge is 0.221 e. The van der Waals surface area contributed by atoms with E-state index in [0.29, 0.717) is 5.92 Å². The monoisotopic (exact) mass is 276 g/mol. The van der Waals surface area contributed by atoms with Crippen molar-refractivity contribution >= 4 is 11.6 Å². The van der Waals surface area contributed by atoms with Crippen LogP contribution < -0.4 is 5.32 Å². The minimum absolute atomic E-state index is 0.0537. The molecular formula is C16H24N2O2. The highest BCUT2D eigenvalue weighted by atomic mass is 16.3. The topological polar surface area (TPSA) is 52.6 Å². The number of piperidine rings is 1. The molecule has 0 aromatic heterocycles. The number of aliphatic hydroxyl groups is 1. The number of benzene rings is 1. The van der Waals surface area contributed by atoms with Gasteiger partial charge in [0.05, 0.1) is 6.61 Å². The van der Waals surface area contributed by atoms with Crippen LogP contribution in [0.15, 0.2) is 24.3 Å². The molecule has 1 aromatic rings. The van der Waals surface area contributed by atoms with Gasteiger partial charge in [0.2, 0.25) is 5.91 Å². The number of aliphatic hydroxyl groups excluding tert-OH is 1. The van der Waals surface area contributed by atoms with Gasteiger partial charge in [0.1, 0.15) is 0 Å². The van der Waals surface area contributed by atoms with Crippen LogP contribution in [0, 0.1) is 5.92 Å². The molecule has 4 nitrogen and oxygen atoms in total. The third-order valence-electron chi connectivity index (χ3n) is 4.05. The zero-order valence-electron chi connectivity index (χ0n) is 12.3. The van der Waals surface area contributed by atoms with Crippen molar-refractivity contribution < 1.29 is 9.90 Å². The predicted octanol–water partition coefficient (Wildman–Crippen LogP) is 2.24. The fraction of sp³-hybridized carbons (Fsp3) is 0.562. The quantitative estimate of drug-likeness (QED) is 0.886. The van der Waals surface area contributed by atoms with E-state index in [-0.39, 0.29) is 18.6 Å². The second-order valence-corrected chi connectivity index (χ2v) is 5.72. The molecule has 20 heavy (non-hydrogen) atoms. The van der Waals surface area contributed by atoms with E-state index in [4.69, 9.17) is 0 Å². The second kappa shape index (κ2) is 6.86. The van der Waals surface area contributed by atoms with Crippen LogP contribution in [0.3, 0.4) is 0 Å². The second-order valence-electron chi connectivity index (χ2n) is 5.72. The van der Waals surface area contributed by atoms with Crippen molar-refractivity contribution in [2.75, 3.05) is 18.5 Å². The summed E-state index contributed by atoms with van der Waals surface area (Å²) in [5, 5.41) is 12.4. The lowest BCUT2D eigenvalue weighted by Gasteiger charge is -2.39. The summed E-state index contributed by atoms with van der Waals surface area (Å²) in [7, 11) is 0. The lowest BCUT2D eigenvalue weighted by Crippen LogP contribution is -2.45. The summed E-state index contributed by atoms with van der Waals surface area (Å²) in [5.41, 5.74) is 2.00. The van der Waals surface area contributed by atoms with E-state index in [2.05, 4.69) is 23.2 Å². The molecule has 2 N–H and O–H groups in total. The van der Waals surface area contributed by atoms with E-state index in [1.165, 1.54) is 25.3 Å². The first-order valence-electron chi connectivity index (χ1n) is 7.31. The SMILES string of the molecule is CC(=O)Nc1cccc(CN2CCCC(C)C2CO)c1. The highest BCUT2D eigenvalue weighted by Crippen LogP contribution is 2.25. The zero-order valence-corrected chi connectivity index (χ0v) is 12.3. The Morgan fingerprint density at radius 2 is 2.30 bits per heavy atom. The lowest BCUT2D eigenvalue weighted by atomic mass is 9.91. The number of hydrogen-bond acceptors (Lipinski definition) is 3. The summed E-state index contributed by atoms with van der Waals surface area (Å²) in [6, 6.07) is 8.18. The standard InChI is InChI=1S/C16H24N2O2/c1-12-5-4-8-18(16(12)11-19)10-14-6-3-7-15(9-14)17-13(2)20/h3,6-7,9,12,16,19H,4-5,8,10-11H2,1-2H3,(H,17,20). The van der Waals surface area contributed by atoms with E-state index in [0.717, 1.165) is 18.8 Å². The normalized spacial score (nSPS) is 23.6. The number of nitrogens with one attached hydrogen (secondary N) is 1. The third kappa shape index (κ3) is 3.81. The van der Waals surface area contributed by atoms with Gasteiger partial charge in [0.15, 0.2) is 0 Å². The van der Waals surface area contributed by atoms with Gasteiger partial charge in [-0.2, -0.15) is 0 Å². The maximum atomic E-state index is 11.1. The summed E-state index contributed by atoms with van der Waals surface area (Å²) in [6.45, 7) is 5.79. The van der Waals surface area contributed by atoms with Gasteiger partial charge in [-0.3, -0.25) is 9.69 Å². The first kappa shape index (κ1) is 15.0. The van der Waals surface area contributed by atoms with Crippen molar-refractivity contribution in [1.82, 2.24) is 4.90 Å². The van der Waals surface area contributed by atoms with Gasteiger partial charge in [-0.25, -0.2) is 0 Å². The van der Waals surface area contributed by atoms with Crippen LogP contribution in [-0.2, 0) is 11.3 Å².